The molecule has 5 rings (SSSR count). The summed E-state index contributed by atoms with van der Waals surface area (Å²) in [6.45, 7) is 8.79. The van der Waals surface area contributed by atoms with E-state index in [0.717, 1.165) is 36.2 Å². The Morgan fingerprint density at radius 1 is 0.884 bits per heavy atom. The molecule has 2 saturated heterocycles. The summed E-state index contributed by atoms with van der Waals surface area (Å²) in [7, 11) is 0. The van der Waals surface area contributed by atoms with Crippen LogP contribution in [0.2, 0.25) is 0 Å². The standard InChI is InChI=1S/C34H41FN4O4/c1-24-21-39(25(2)20-38(24)22-26-7-3-11-30(35)17-26)33(28-9-5-12-31(40)19-28)27-8-4-10-29(18-27)34(43)37-14-6-13-36(15-16-37)23-32(41)42/h3-5,7-12,17-19,24-25,33,40H,6,13-16,20-23H2,1-2H3,(H,41,42)/t24-,25+,33-/m1/s1. The first-order valence-electron chi connectivity index (χ1n) is 15.0. The fourth-order valence-corrected chi connectivity index (χ4v) is 6.49. The summed E-state index contributed by atoms with van der Waals surface area (Å²) in [5.74, 6) is -0.956. The Kier molecular flexibility index (Phi) is 9.75. The zero-order chi connectivity index (χ0) is 30.5. The van der Waals surface area contributed by atoms with E-state index in [0.29, 0.717) is 38.3 Å². The van der Waals surface area contributed by atoms with Crippen LogP contribution in [0.25, 0.3) is 0 Å². The van der Waals surface area contributed by atoms with Gasteiger partial charge in [0.25, 0.3) is 5.91 Å². The van der Waals surface area contributed by atoms with E-state index in [-0.39, 0.29) is 42.1 Å². The number of hydrogen-bond donors (Lipinski definition) is 2. The average molecular weight is 589 g/mol. The molecule has 2 N–H and O–H groups in total. The van der Waals surface area contributed by atoms with Crippen molar-refractivity contribution < 1.29 is 24.2 Å². The molecule has 0 bridgehead atoms. The van der Waals surface area contributed by atoms with Gasteiger partial charge in [-0.05, 0) is 73.4 Å². The number of aliphatic carboxylic acids is 1. The molecular formula is C34H41FN4O4. The van der Waals surface area contributed by atoms with E-state index in [1.807, 2.05) is 52.3 Å². The van der Waals surface area contributed by atoms with Crippen LogP contribution in [0, 0.1) is 5.82 Å². The highest BCUT2D eigenvalue weighted by atomic mass is 19.1. The number of phenols is 1. The molecule has 3 aromatic rings. The van der Waals surface area contributed by atoms with Crippen LogP contribution in [0.3, 0.4) is 0 Å². The molecule has 3 aromatic carbocycles. The Morgan fingerprint density at radius 3 is 2.37 bits per heavy atom. The van der Waals surface area contributed by atoms with Crippen LogP contribution in [0.4, 0.5) is 4.39 Å². The highest BCUT2D eigenvalue weighted by molar-refractivity contribution is 5.94. The third-order valence-corrected chi connectivity index (χ3v) is 8.64. The van der Waals surface area contributed by atoms with Crippen molar-refractivity contribution in [2.45, 2.75) is 44.9 Å². The number of benzene rings is 3. The zero-order valence-corrected chi connectivity index (χ0v) is 24.9. The lowest BCUT2D eigenvalue weighted by atomic mass is 9.92. The normalized spacial score (nSPS) is 21.3. The molecule has 2 fully saturated rings. The predicted molar refractivity (Wildman–Crippen MR) is 163 cm³/mol. The smallest absolute Gasteiger partial charge is 0.317 e. The van der Waals surface area contributed by atoms with Gasteiger partial charge in [-0.3, -0.25) is 24.3 Å². The van der Waals surface area contributed by atoms with Gasteiger partial charge in [0.15, 0.2) is 0 Å². The number of phenolic OH excluding ortho intramolecular Hbond substituents is 1. The molecule has 0 spiro atoms. The number of halogens is 1. The molecule has 8 nitrogen and oxygen atoms in total. The largest absolute Gasteiger partial charge is 0.508 e. The number of amides is 1. The second-order valence-electron chi connectivity index (χ2n) is 11.9. The van der Waals surface area contributed by atoms with Crippen molar-refractivity contribution in [1.29, 1.82) is 0 Å². The van der Waals surface area contributed by atoms with Gasteiger partial charge in [0, 0.05) is 63.5 Å². The van der Waals surface area contributed by atoms with E-state index in [9.17, 15) is 24.2 Å². The van der Waals surface area contributed by atoms with Crippen molar-refractivity contribution in [3.8, 4) is 5.75 Å². The Balaban J connectivity index is 1.39. The lowest BCUT2D eigenvalue weighted by Crippen LogP contribution is -2.56. The molecule has 9 heteroatoms. The molecule has 0 aliphatic carbocycles. The van der Waals surface area contributed by atoms with E-state index in [1.165, 1.54) is 6.07 Å². The van der Waals surface area contributed by atoms with Gasteiger partial charge < -0.3 is 15.1 Å². The first kappa shape index (κ1) is 30.7. The average Bonchev–Trinajstić information content (AvgIpc) is 3.20. The Morgan fingerprint density at radius 2 is 1.63 bits per heavy atom. The summed E-state index contributed by atoms with van der Waals surface area (Å²) in [6, 6.07) is 22.0. The minimum atomic E-state index is -0.858. The van der Waals surface area contributed by atoms with Crippen LogP contribution in [0.15, 0.2) is 72.8 Å². The van der Waals surface area contributed by atoms with Crippen molar-refractivity contribution >= 4 is 11.9 Å². The number of carboxylic acid groups (broad SMARTS) is 1. The molecule has 228 valence electrons. The van der Waals surface area contributed by atoms with Crippen molar-refractivity contribution in [3.63, 3.8) is 0 Å². The number of rotatable bonds is 8. The molecule has 0 saturated carbocycles. The van der Waals surface area contributed by atoms with Crippen molar-refractivity contribution in [3.05, 3.63) is 101 Å². The first-order chi connectivity index (χ1) is 20.7. The summed E-state index contributed by atoms with van der Waals surface area (Å²) >= 11 is 0. The van der Waals surface area contributed by atoms with Gasteiger partial charge in [0.05, 0.1) is 12.6 Å². The van der Waals surface area contributed by atoms with Crippen LogP contribution in [0.1, 0.15) is 53.4 Å². The topological polar surface area (TPSA) is 87.6 Å². The number of carboxylic acids is 1. The molecule has 0 radical (unpaired) electrons. The van der Waals surface area contributed by atoms with Crippen LogP contribution < -0.4 is 0 Å². The van der Waals surface area contributed by atoms with Crippen molar-refractivity contribution in [1.82, 2.24) is 19.6 Å². The Hall–Kier alpha value is -3.79. The van der Waals surface area contributed by atoms with Crippen LogP contribution >= 0.6 is 0 Å². The first-order valence-corrected chi connectivity index (χ1v) is 15.0. The van der Waals surface area contributed by atoms with Gasteiger partial charge in [-0.15, -0.1) is 0 Å². The molecule has 3 atom stereocenters. The number of carbonyl (C=O) groups excluding carboxylic acids is 1. The molecule has 2 aliphatic rings. The monoisotopic (exact) mass is 588 g/mol. The highest BCUT2D eigenvalue weighted by Crippen LogP contribution is 2.35. The number of nitrogens with zero attached hydrogens (tertiary/aromatic N) is 4. The molecule has 0 unspecified atom stereocenters. The molecule has 2 heterocycles. The predicted octanol–water partition coefficient (Wildman–Crippen LogP) is 4.45. The van der Waals surface area contributed by atoms with E-state index in [4.69, 9.17) is 0 Å². The second kappa shape index (κ2) is 13.7. The third-order valence-electron chi connectivity index (χ3n) is 8.64. The number of piperazine rings is 1. The summed E-state index contributed by atoms with van der Waals surface area (Å²) in [6.07, 6.45) is 0.722. The van der Waals surface area contributed by atoms with Gasteiger partial charge in [-0.1, -0.05) is 36.4 Å². The molecular weight excluding hydrogens is 547 g/mol. The molecule has 43 heavy (non-hydrogen) atoms. The van der Waals surface area contributed by atoms with Crippen LogP contribution in [-0.4, -0.2) is 99.6 Å². The van der Waals surface area contributed by atoms with Gasteiger partial charge in [0.2, 0.25) is 0 Å². The third kappa shape index (κ3) is 7.60. The molecule has 0 aromatic heterocycles. The van der Waals surface area contributed by atoms with Crippen molar-refractivity contribution in [2.24, 2.45) is 0 Å². The molecule has 2 aliphatic heterocycles. The van der Waals surface area contributed by atoms with Gasteiger partial charge in [-0.2, -0.15) is 0 Å². The maximum Gasteiger partial charge on any atom is 0.317 e. The number of carbonyl (C=O) groups is 2. The van der Waals surface area contributed by atoms with Crippen LogP contribution in [-0.2, 0) is 11.3 Å². The minimum Gasteiger partial charge on any atom is -0.508 e. The quantitative estimate of drug-likeness (QED) is 0.402. The van der Waals surface area contributed by atoms with Crippen molar-refractivity contribution in [2.75, 3.05) is 45.8 Å². The van der Waals surface area contributed by atoms with E-state index in [1.54, 1.807) is 24.3 Å². The lowest BCUT2D eigenvalue weighted by molar-refractivity contribution is -0.138. The van der Waals surface area contributed by atoms with Gasteiger partial charge >= 0.3 is 5.97 Å². The maximum absolute atomic E-state index is 13.9. The van der Waals surface area contributed by atoms with E-state index in [2.05, 4.69) is 23.6 Å². The molecule has 1 amide bonds. The Labute approximate surface area is 252 Å². The summed E-state index contributed by atoms with van der Waals surface area (Å²) in [5.41, 5.74) is 3.46. The highest BCUT2D eigenvalue weighted by Gasteiger charge is 2.35. The fraction of sp³-hybridized carbons (Fsp3) is 0.412. The SMILES string of the molecule is C[C@@H]1CN([C@@H](c2cccc(O)c2)c2cccc(C(=O)N3CCCN(CC(=O)O)CC3)c2)[C@@H](C)CN1Cc1cccc(F)c1. The van der Waals surface area contributed by atoms with Gasteiger partial charge in [-0.25, -0.2) is 4.39 Å². The van der Waals surface area contributed by atoms with E-state index < -0.39 is 5.97 Å². The lowest BCUT2D eigenvalue weighted by Gasteiger charge is -2.47. The number of hydrogen-bond acceptors (Lipinski definition) is 6. The minimum absolute atomic E-state index is 0.0186. The summed E-state index contributed by atoms with van der Waals surface area (Å²) < 4.78 is 13.9. The van der Waals surface area contributed by atoms with Gasteiger partial charge in [0.1, 0.15) is 11.6 Å². The maximum atomic E-state index is 13.9. The number of aromatic hydroxyl groups is 1. The zero-order valence-electron chi connectivity index (χ0n) is 24.9. The van der Waals surface area contributed by atoms with E-state index >= 15 is 0 Å². The summed E-state index contributed by atoms with van der Waals surface area (Å²) in [5, 5.41) is 19.6. The Bertz CT molecular complexity index is 1430. The second-order valence-corrected chi connectivity index (χ2v) is 11.9. The summed E-state index contributed by atoms with van der Waals surface area (Å²) in [4.78, 5) is 33.4. The van der Waals surface area contributed by atoms with Crippen LogP contribution in [0.5, 0.6) is 5.75 Å². The fourth-order valence-electron chi connectivity index (χ4n) is 6.49.